The number of hydrogen-bond acceptors (Lipinski definition) is 6. The van der Waals surface area contributed by atoms with Crippen LogP contribution in [0.4, 0.5) is 0 Å². The van der Waals surface area contributed by atoms with E-state index in [0.717, 1.165) is 12.1 Å². The fourth-order valence-corrected chi connectivity index (χ4v) is 2.40. The maximum atomic E-state index is 12.5. The number of carbonyl (C=O) groups excluding carboxylic acids is 2. The number of nitrogens with one attached hydrogen (secondary N) is 2. The highest BCUT2D eigenvalue weighted by Crippen LogP contribution is 2.21. The number of benzene rings is 1. The van der Waals surface area contributed by atoms with Gasteiger partial charge in [-0.3, -0.25) is 9.59 Å². The zero-order chi connectivity index (χ0) is 18.8. The maximum Gasteiger partial charge on any atom is 0.337 e. The summed E-state index contributed by atoms with van der Waals surface area (Å²) in [6.07, 6.45) is -0.278. The van der Waals surface area contributed by atoms with Crippen LogP contribution < -0.4 is 10.6 Å². The van der Waals surface area contributed by atoms with E-state index in [4.69, 9.17) is 9.47 Å². The monoisotopic (exact) mass is 364 g/mol. The molecule has 0 radical (unpaired) electrons. The molecule has 2 heterocycles. The third-order valence-corrected chi connectivity index (χ3v) is 3.91. The second kappa shape index (κ2) is 7.10. The number of hydrogen-bond donors (Lipinski definition) is 4. The molecule has 138 valence electrons. The average molecular weight is 364 g/mol. The number of epoxide rings is 2. The Hall–Kier alpha value is -2.98. The van der Waals surface area contributed by atoms with Gasteiger partial charge in [0.2, 0.25) is 0 Å². The van der Waals surface area contributed by atoms with Crippen LogP contribution in [-0.4, -0.2) is 72.5 Å². The largest absolute Gasteiger partial charge is 0.478 e. The van der Waals surface area contributed by atoms with Crippen molar-refractivity contribution in [1.29, 1.82) is 0 Å². The molecule has 0 saturated carbocycles. The van der Waals surface area contributed by atoms with Gasteiger partial charge in [0.25, 0.3) is 11.8 Å². The number of aromatic carboxylic acids is 2. The first-order valence-corrected chi connectivity index (χ1v) is 7.81. The van der Waals surface area contributed by atoms with Crippen LogP contribution in [-0.2, 0) is 9.47 Å². The topological polar surface area (TPSA) is 158 Å². The molecule has 26 heavy (non-hydrogen) atoms. The van der Waals surface area contributed by atoms with E-state index in [9.17, 15) is 29.4 Å². The SMILES string of the molecule is O=C(O)c1ccc(C(=O)NCC2CO2)c(C(=O)NCC2CO2)c1C(=O)O. The minimum Gasteiger partial charge on any atom is -0.478 e. The van der Waals surface area contributed by atoms with Crippen LogP contribution in [0.15, 0.2) is 12.1 Å². The first-order chi connectivity index (χ1) is 12.4. The molecular formula is C16H16N2O8. The molecule has 10 heteroatoms. The average Bonchev–Trinajstić information content (AvgIpc) is 3.50. The van der Waals surface area contributed by atoms with Gasteiger partial charge in [0.1, 0.15) is 0 Å². The summed E-state index contributed by atoms with van der Waals surface area (Å²) in [5, 5.41) is 23.7. The molecule has 2 aliphatic rings. The molecule has 10 nitrogen and oxygen atoms in total. The van der Waals surface area contributed by atoms with Crippen LogP contribution in [0.1, 0.15) is 41.4 Å². The van der Waals surface area contributed by atoms with Gasteiger partial charge in [-0.2, -0.15) is 0 Å². The molecule has 1 aromatic rings. The van der Waals surface area contributed by atoms with Gasteiger partial charge in [0.05, 0.1) is 47.7 Å². The lowest BCUT2D eigenvalue weighted by Crippen LogP contribution is -2.34. The third kappa shape index (κ3) is 3.98. The minimum atomic E-state index is -1.62. The predicted molar refractivity (Wildman–Crippen MR) is 84.5 cm³/mol. The molecule has 0 aromatic heterocycles. The van der Waals surface area contributed by atoms with Crippen LogP contribution in [0.25, 0.3) is 0 Å². The molecule has 0 bridgehead atoms. The van der Waals surface area contributed by atoms with Crippen molar-refractivity contribution in [2.45, 2.75) is 12.2 Å². The summed E-state index contributed by atoms with van der Waals surface area (Å²) in [5.41, 5.74) is -2.02. The van der Waals surface area contributed by atoms with Crippen molar-refractivity contribution >= 4 is 23.8 Å². The molecule has 4 N–H and O–H groups in total. The smallest absolute Gasteiger partial charge is 0.337 e. The normalized spacial score (nSPS) is 20.2. The summed E-state index contributed by atoms with van der Waals surface area (Å²) in [6.45, 7) is 1.31. The summed E-state index contributed by atoms with van der Waals surface area (Å²) in [5.74, 6) is -4.67. The van der Waals surface area contributed by atoms with Gasteiger partial charge in [-0.25, -0.2) is 9.59 Å². The lowest BCUT2D eigenvalue weighted by Gasteiger charge is -2.14. The van der Waals surface area contributed by atoms with Crippen molar-refractivity contribution in [1.82, 2.24) is 10.6 Å². The molecule has 3 rings (SSSR count). The van der Waals surface area contributed by atoms with Crippen LogP contribution in [0.5, 0.6) is 0 Å². The highest BCUT2D eigenvalue weighted by atomic mass is 16.6. The molecule has 0 aliphatic carbocycles. The predicted octanol–water partition coefficient (Wildman–Crippen LogP) is -0.660. The van der Waals surface area contributed by atoms with E-state index >= 15 is 0 Å². The Morgan fingerprint density at radius 3 is 1.81 bits per heavy atom. The van der Waals surface area contributed by atoms with Crippen molar-refractivity contribution in [2.75, 3.05) is 26.3 Å². The number of carbonyl (C=O) groups is 4. The van der Waals surface area contributed by atoms with Gasteiger partial charge in [-0.1, -0.05) is 0 Å². The van der Waals surface area contributed by atoms with Gasteiger partial charge in [0.15, 0.2) is 0 Å². The number of ether oxygens (including phenoxy) is 2. The fraction of sp³-hybridized carbons (Fsp3) is 0.375. The zero-order valence-corrected chi connectivity index (χ0v) is 13.5. The molecule has 0 spiro atoms. The van der Waals surface area contributed by atoms with E-state index in [1.165, 1.54) is 0 Å². The lowest BCUT2D eigenvalue weighted by atomic mass is 9.94. The summed E-state index contributed by atoms with van der Waals surface area (Å²) >= 11 is 0. The summed E-state index contributed by atoms with van der Waals surface area (Å²) in [7, 11) is 0. The zero-order valence-electron chi connectivity index (χ0n) is 13.5. The van der Waals surface area contributed by atoms with Crippen molar-refractivity contribution < 1.29 is 38.9 Å². The molecule has 2 unspecified atom stereocenters. The summed E-state index contributed by atoms with van der Waals surface area (Å²) < 4.78 is 9.94. The van der Waals surface area contributed by atoms with E-state index in [2.05, 4.69) is 10.6 Å². The number of amides is 2. The van der Waals surface area contributed by atoms with Gasteiger partial charge < -0.3 is 30.3 Å². The molecule has 2 saturated heterocycles. The Morgan fingerprint density at radius 2 is 1.35 bits per heavy atom. The van der Waals surface area contributed by atoms with E-state index in [0.29, 0.717) is 13.2 Å². The van der Waals surface area contributed by atoms with Crippen molar-refractivity contribution in [3.8, 4) is 0 Å². The van der Waals surface area contributed by atoms with Crippen molar-refractivity contribution in [2.24, 2.45) is 0 Å². The minimum absolute atomic E-state index is 0.111. The van der Waals surface area contributed by atoms with Crippen molar-refractivity contribution in [3.63, 3.8) is 0 Å². The fourth-order valence-electron chi connectivity index (χ4n) is 2.40. The van der Waals surface area contributed by atoms with E-state index in [-0.39, 0.29) is 30.9 Å². The van der Waals surface area contributed by atoms with Crippen LogP contribution in [0.3, 0.4) is 0 Å². The van der Waals surface area contributed by atoms with Gasteiger partial charge in [-0.15, -0.1) is 0 Å². The lowest BCUT2D eigenvalue weighted by molar-refractivity contribution is 0.0648. The van der Waals surface area contributed by atoms with E-state index < -0.39 is 40.4 Å². The van der Waals surface area contributed by atoms with E-state index in [1.807, 2.05) is 0 Å². The van der Waals surface area contributed by atoms with E-state index in [1.54, 1.807) is 0 Å². The quantitative estimate of drug-likeness (QED) is 0.443. The Labute approximate surface area is 147 Å². The molecule has 2 aliphatic heterocycles. The number of rotatable bonds is 8. The summed E-state index contributed by atoms with van der Waals surface area (Å²) in [6, 6.07) is 2.12. The molecule has 1 aromatic carbocycles. The van der Waals surface area contributed by atoms with Crippen LogP contribution >= 0.6 is 0 Å². The standard InChI is InChI=1S/C16H16N2O8/c19-13(17-3-7-5-25-7)9-1-2-10(15(21)22)12(16(23)24)11(9)14(20)18-4-8-6-26-8/h1-2,7-8H,3-6H2,(H,17,19)(H,18,20)(H,21,22)(H,23,24). The second-order valence-corrected chi connectivity index (χ2v) is 5.85. The van der Waals surface area contributed by atoms with Gasteiger partial charge >= 0.3 is 11.9 Å². The Kier molecular flexibility index (Phi) is 4.87. The molecule has 2 amide bonds. The van der Waals surface area contributed by atoms with Crippen molar-refractivity contribution in [3.05, 3.63) is 34.4 Å². The highest BCUT2D eigenvalue weighted by molar-refractivity contribution is 6.16. The Balaban J connectivity index is 1.98. The Bertz CT molecular complexity index is 783. The van der Waals surface area contributed by atoms with Crippen LogP contribution in [0, 0.1) is 0 Å². The number of carboxylic acids is 2. The summed E-state index contributed by atoms with van der Waals surface area (Å²) in [4.78, 5) is 47.9. The highest BCUT2D eigenvalue weighted by Gasteiger charge is 2.31. The first-order valence-electron chi connectivity index (χ1n) is 7.81. The second-order valence-electron chi connectivity index (χ2n) is 5.85. The Morgan fingerprint density at radius 1 is 0.846 bits per heavy atom. The number of carboxylic acid groups (broad SMARTS) is 2. The first kappa shape index (κ1) is 17.8. The third-order valence-electron chi connectivity index (χ3n) is 3.91. The molecule has 2 atom stereocenters. The van der Waals surface area contributed by atoms with Crippen LogP contribution in [0.2, 0.25) is 0 Å². The molecular weight excluding hydrogens is 348 g/mol. The maximum absolute atomic E-state index is 12.5. The molecule has 2 fully saturated rings. The van der Waals surface area contributed by atoms with Gasteiger partial charge in [-0.05, 0) is 12.1 Å². The van der Waals surface area contributed by atoms with Gasteiger partial charge in [0, 0.05) is 13.1 Å².